The highest BCUT2D eigenvalue weighted by molar-refractivity contribution is 5.80. The highest BCUT2D eigenvalue weighted by Crippen LogP contribution is 2.20. The fourth-order valence-corrected chi connectivity index (χ4v) is 3.27. The van der Waals surface area contributed by atoms with Crippen LogP contribution in [-0.2, 0) is 6.54 Å². The van der Waals surface area contributed by atoms with Gasteiger partial charge in [0.25, 0.3) is 0 Å². The molecule has 5 heteroatoms. The summed E-state index contributed by atoms with van der Waals surface area (Å²) in [7, 11) is 0. The highest BCUT2D eigenvalue weighted by atomic mass is 16.2. The summed E-state index contributed by atoms with van der Waals surface area (Å²) in [6.07, 6.45) is 2.29. The number of fused-ring (bicyclic) bond motifs is 1. The molecule has 23 heavy (non-hydrogen) atoms. The molecule has 2 amide bonds. The third-order valence-electron chi connectivity index (χ3n) is 4.58. The van der Waals surface area contributed by atoms with E-state index in [1.54, 1.807) is 0 Å². The lowest BCUT2D eigenvalue weighted by atomic mass is 9.97. The van der Waals surface area contributed by atoms with Crippen molar-refractivity contribution in [2.45, 2.75) is 26.3 Å². The number of hydrogen-bond acceptors (Lipinski definition) is 2. The molecule has 0 saturated carbocycles. The number of amides is 2. The summed E-state index contributed by atoms with van der Waals surface area (Å²) in [5.41, 5.74) is 2.49. The summed E-state index contributed by atoms with van der Waals surface area (Å²) >= 11 is 0. The Hall–Kier alpha value is -2.01. The van der Waals surface area contributed by atoms with E-state index in [-0.39, 0.29) is 6.03 Å². The molecule has 0 unspecified atom stereocenters. The van der Waals surface area contributed by atoms with E-state index < -0.39 is 0 Å². The van der Waals surface area contributed by atoms with Crippen molar-refractivity contribution in [3.63, 3.8) is 0 Å². The van der Waals surface area contributed by atoms with Crippen LogP contribution in [0.1, 0.15) is 25.5 Å². The van der Waals surface area contributed by atoms with Gasteiger partial charge in [0.05, 0.1) is 0 Å². The molecule has 1 aromatic carbocycles. The van der Waals surface area contributed by atoms with Crippen molar-refractivity contribution in [1.29, 1.82) is 0 Å². The maximum atomic E-state index is 11.4. The van der Waals surface area contributed by atoms with Crippen LogP contribution in [0.5, 0.6) is 0 Å². The van der Waals surface area contributed by atoms with Gasteiger partial charge in [0.1, 0.15) is 0 Å². The zero-order valence-electron chi connectivity index (χ0n) is 13.8. The van der Waals surface area contributed by atoms with Crippen molar-refractivity contribution in [3.05, 3.63) is 36.0 Å². The molecule has 0 aliphatic carbocycles. The SMILES string of the molecule is CCNC(=O)NCC1CCN(Cc2cc3ccccc3[nH]2)CC1. The molecule has 0 bridgehead atoms. The van der Waals surface area contributed by atoms with Gasteiger partial charge in [-0.25, -0.2) is 4.79 Å². The number of H-pyrrole nitrogens is 1. The second-order valence-corrected chi connectivity index (χ2v) is 6.34. The largest absolute Gasteiger partial charge is 0.357 e. The van der Waals surface area contributed by atoms with Crippen molar-refractivity contribution in [3.8, 4) is 0 Å². The second-order valence-electron chi connectivity index (χ2n) is 6.34. The molecule has 0 atom stereocenters. The van der Waals surface area contributed by atoms with E-state index in [0.29, 0.717) is 12.5 Å². The molecule has 1 aliphatic rings. The van der Waals surface area contributed by atoms with Crippen LogP contribution < -0.4 is 10.6 Å². The zero-order chi connectivity index (χ0) is 16.1. The number of aromatic amines is 1. The van der Waals surface area contributed by atoms with Crippen LogP contribution in [-0.4, -0.2) is 42.1 Å². The van der Waals surface area contributed by atoms with Crippen molar-refractivity contribution >= 4 is 16.9 Å². The molecule has 0 spiro atoms. The molecule has 1 fully saturated rings. The van der Waals surface area contributed by atoms with E-state index in [1.165, 1.54) is 16.6 Å². The topological polar surface area (TPSA) is 60.2 Å². The predicted molar refractivity (Wildman–Crippen MR) is 93.4 cm³/mol. The second kappa shape index (κ2) is 7.51. The number of nitrogens with zero attached hydrogens (tertiary/aromatic N) is 1. The Bertz CT molecular complexity index is 610. The van der Waals surface area contributed by atoms with Gasteiger partial charge in [-0.2, -0.15) is 0 Å². The first-order valence-electron chi connectivity index (χ1n) is 8.55. The standard InChI is InChI=1S/C18H26N4O/c1-2-19-18(23)20-12-14-7-9-22(10-8-14)13-16-11-15-5-3-4-6-17(15)21-16/h3-6,11,14,21H,2,7-10,12-13H2,1H3,(H2,19,20,23). The van der Waals surface area contributed by atoms with E-state index in [1.807, 2.05) is 6.92 Å². The molecule has 3 rings (SSSR count). The molecule has 3 N–H and O–H groups in total. The summed E-state index contributed by atoms with van der Waals surface area (Å²) < 4.78 is 0. The minimum Gasteiger partial charge on any atom is -0.357 e. The summed E-state index contributed by atoms with van der Waals surface area (Å²) in [5, 5.41) is 7.02. The lowest BCUT2D eigenvalue weighted by Crippen LogP contribution is -2.41. The van der Waals surface area contributed by atoms with E-state index in [2.05, 4.69) is 50.8 Å². The van der Waals surface area contributed by atoms with Gasteiger partial charge in [0, 0.05) is 30.8 Å². The lowest BCUT2D eigenvalue weighted by molar-refractivity contribution is 0.173. The molecular formula is C18H26N4O. The average Bonchev–Trinajstić information content (AvgIpc) is 2.97. The number of carbonyl (C=O) groups excluding carboxylic acids is 1. The smallest absolute Gasteiger partial charge is 0.314 e. The first-order valence-corrected chi connectivity index (χ1v) is 8.55. The maximum absolute atomic E-state index is 11.4. The van der Waals surface area contributed by atoms with Gasteiger partial charge in [-0.1, -0.05) is 18.2 Å². The van der Waals surface area contributed by atoms with Crippen molar-refractivity contribution in [2.24, 2.45) is 5.92 Å². The van der Waals surface area contributed by atoms with Gasteiger partial charge in [0.2, 0.25) is 0 Å². The quantitative estimate of drug-likeness (QED) is 0.794. The van der Waals surface area contributed by atoms with Crippen molar-refractivity contribution in [1.82, 2.24) is 20.5 Å². The van der Waals surface area contributed by atoms with Crippen LogP contribution in [0.4, 0.5) is 4.79 Å². The normalized spacial score (nSPS) is 16.6. The summed E-state index contributed by atoms with van der Waals surface area (Å²) in [5.74, 6) is 0.594. The first kappa shape index (κ1) is 15.9. The van der Waals surface area contributed by atoms with Gasteiger partial charge < -0.3 is 15.6 Å². The Morgan fingerprint density at radius 2 is 2.04 bits per heavy atom. The fraction of sp³-hybridized carbons (Fsp3) is 0.500. The molecule has 2 heterocycles. The van der Waals surface area contributed by atoms with Gasteiger partial charge in [-0.05, 0) is 56.3 Å². The minimum atomic E-state index is -0.0481. The molecule has 1 saturated heterocycles. The van der Waals surface area contributed by atoms with Gasteiger partial charge in [0.15, 0.2) is 0 Å². The van der Waals surface area contributed by atoms with Gasteiger partial charge >= 0.3 is 6.03 Å². The van der Waals surface area contributed by atoms with E-state index in [4.69, 9.17) is 0 Å². The molecule has 1 aromatic heterocycles. The number of benzene rings is 1. The van der Waals surface area contributed by atoms with E-state index >= 15 is 0 Å². The molecule has 124 valence electrons. The van der Waals surface area contributed by atoms with E-state index in [9.17, 15) is 4.79 Å². The molecule has 1 aliphatic heterocycles. The molecular weight excluding hydrogens is 288 g/mol. The molecule has 5 nitrogen and oxygen atoms in total. The highest BCUT2D eigenvalue weighted by Gasteiger charge is 2.20. The van der Waals surface area contributed by atoms with Crippen molar-refractivity contribution in [2.75, 3.05) is 26.2 Å². The molecule has 2 aromatic rings. The number of para-hydroxylation sites is 1. The molecule has 0 radical (unpaired) electrons. The van der Waals surface area contributed by atoms with Crippen molar-refractivity contribution < 1.29 is 4.79 Å². The minimum absolute atomic E-state index is 0.0481. The zero-order valence-corrected chi connectivity index (χ0v) is 13.8. The predicted octanol–water partition coefficient (Wildman–Crippen LogP) is 2.70. The summed E-state index contributed by atoms with van der Waals surface area (Å²) in [6, 6.07) is 10.6. The van der Waals surface area contributed by atoms with Gasteiger partial charge in [-0.15, -0.1) is 0 Å². The number of carbonyl (C=O) groups is 1. The third kappa shape index (κ3) is 4.26. The Morgan fingerprint density at radius 3 is 2.78 bits per heavy atom. The lowest BCUT2D eigenvalue weighted by Gasteiger charge is -2.31. The van der Waals surface area contributed by atoms with E-state index in [0.717, 1.165) is 39.0 Å². The fourth-order valence-electron chi connectivity index (χ4n) is 3.27. The van der Waals surface area contributed by atoms with Crippen LogP contribution in [0, 0.1) is 5.92 Å². The monoisotopic (exact) mass is 314 g/mol. The van der Waals surface area contributed by atoms with Crippen LogP contribution in [0.15, 0.2) is 30.3 Å². The Morgan fingerprint density at radius 1 is 1.26 bits per heavy atom. The number of hydrogen-bond donors (Lipinski definition) is 3. The van der Waals surface area contributed by atoms with Crippen LogP contribution in [0.3, 0.4) is 0 Å². The number of urea groups is 1. The average molecular weight is 314 g/mol. The number of rotatable bonds is 5. The number of piperidine rings is 1. The number of nitrogens with one attached hydrogen (secondary N) is 3. The number of aromatic nitrogens is 1. The Balaban J connectivity index is 1.44. The Labute approximate surface area is 137 Å². The van der Waals surface area contributed by atoms with Gasteiger partial charge in [-0.3, -0.25) is 4.90 Å². The third-order valence-corrected chi connectivity index (χ3v) is 4.58. The summed E-state index contributed by atoms with van der Waals surface area (Å²) in [6.45, 7) is 6.56. The Kier molecular flexibility index (Phi) is 5.18. The summed E-state index contributed by atoms with van der Waals surface area (Å²) in [4.78, 5) is 17.4. The van der Waals surface area contributed by atoms with Crippen LogP contribution in [0.2, 0.25) is 0 Å². The first-order chi connectivity index (χ1) is 11.2. The number of likely N-dealkylation sites (tertiary alicyclic amines) is 1. The maximum Gasteiger partial charge on any atom is 0.314 e. The van der Waals surface area contributed by atoms with Crippen LogP contribution >= 0.6 is 0 Å². The van der Waals surface area contributed by atoms with Crippen LogP contribution in [0.25, 0.3) is 10.9 Å².